The Balaban J connectivity index is 2.01. The molecule has 1 fully saturated rings. The number of nitrogens with two attached hydrogens (primary N) is 1. The summed E-state index contributed by atoms with van der Waals surface area (Å²) in [5, 5.41) is 0. The number of aliphatic imine (C=N–C) groups is 1. The highest BCUT2D eigenvalue weighted by molar-refractivity contribution is 5.98. The predicted octanol–water partition coefficient (Wildman–Crippen LogP) is 1.88. The van der Waals surface area contributed by atoms with Gasteiger partial charge in [0.15, 0.2) is 5.96 Å². The van der Waals surface area contributed by atoms with Crippen molar-refractivity contribution >= 4 is 11.6 Å². The molecule has 1 aromatic rings. The molecule has 1 heterocycles. The lowest BCUT2D eigenvalue weighted by atomic mass is 9.76. The van der Waals surface area contributed by atoms with E-state index in [0.29, 0.717) is 5.96 Å². The van der Waals surface area contributed by atoms with E-state index in [9.17, 15) is 4.39 Å². The molecule has 0 unspecified atom stereocenters. The van der Waals surface area contributed by atoms with E-state index < -0.39 is 0 Å². The standard InChI is InChI=1S/C12H14FN3/c13-9-3-1-4-10(7-9)16-11(14)15-8-12(16)5-2-6-12/h1,3-4,7H,2,5-6,8H2,(H2,14,15). The number of rotatable bonds is 1. The Morgan fingerprint density at radius 2 is 2.19 bits per heavy atom. The van der Waals surface area contributed by atoms with Crippen LogP contribution in [-0.2, 0) is 0 Å². The largest absolute Gasteiger partial charge is 0.369 e. The van der Waals surface area contributed by atoms with Crippen molar-refractivity contribution in [1.82, 2.24) is 0 Å². The summed E-state index contributed by atoms with van der Waals surface area (Å²) < 4.78 is 13.2. The summed E-state index contributed by atoms with van der Waals surface area (Å²) in [4.78, 5) is 6.30. The normalized spacial score (nSPS) is 22.1. The van der Waals surface area contributed by atoms with Crippen LogP contribution in [0.2, 0.25) is 0 Å². The van der Waals surface area contributed by atoms with E-state index >= 15 is 0 Å². The number of benzene rings is 1. The van der Waals surface area contributed by atoms with Crippen molar-refractivity contribution in [3.8, 4) is 0 Å². The summed E-state index contributed by atoms with van der Waals surface area (Å²) >= 11 is 0. The zero-order valence-electron chi connectivity index (χ0n) is 8.99. The molecule has 4 heteroatoms. The quantitative estimate of drug-likeness (QED) is 0.783. The molecule has 16 heavy (non-hydrogen) atoms. The molecule has 0 bridgehead atoms. The minimum Gasteiger partial charge on any atom is -0.369 e. The van der Waals surface area contributed by atoms with Gasteiger partial charge in [-0.05, 0) is 37.5 Å². The van der Waals surface area contributed by atoms with E-state index in [-0.39, 0.29) is 11.4 Å². The van der Waals surface area contributed by atoms with Gasteiger partial charge in [0.05, 0.1) is 12.1 Å². The fraction of sp³-hybridized carbons (Fsp3) is 0.417. The second-order valence-corrected chi connectivity index (χ2v) is 4.57. The topological polar surface area (TPSA) is 41.6 Å². The summed E-state index contributed by atoms with van der Waals surface area (Å²) in [6, 6.07) is 6.56. The van der Waals surface area contributed by atoms with Crippen LogP contribution >= 0.6 is 0 Å². The Kier molecular flexibility index (Phi) is 1.93. The van der Waals surface area contributed by atoms with E-state index in [2.05, 4.69) is 4.99 Å². The van der Waals surface area contributed by atoms with E-state index in [1.165, 1.54) is 18.6 Å². The maximum atomic E-state index is 13.2. The molecular formula is C12H14FN3. The van der Waals surface area contributed by atoms with Gasteiger partial charge in [0.2, 0.25) is 0 Å². The molecule has 1 spiro atoms. The van der Waals surface area contributed by atoms with E-state index in [4.69, 9.17) is 5.73 Å². The summed E-state index contributed by atoms with van der Waals surface area (Å²) in [6.45, 7) is 0.745. The number of guanidine groups is 1. The number of hydrogen-bond donors (Lipinski definition) is 1. The zero-order chi connectivity index (χ0) is 11.2. The van der Waals surface area contributed by atoms with Crippen LogP contribution in [0.3, 0.4) is 0 Å². The van der Waals surface area contributed by atoms with Gasteiger partial charge in [0, 0.05) is 5.69 Å². The van der Waals surface area contributed by atoms with Crippen LogP contribution in [-0.4, -0.2) is 18.0 Å². The van der Waals surface area contributed by atoms with Gasteiger partial charge in [-0.25, -0.2) is 4.39 Å². The Hall–Kier alpha value is -1.58. The third-order valence-electron chi connectivity index (χ3n) is 3.59. The summed E-state index contributed by atoms with van der Waals surface area (Å²) in [5.41, 5.74) is 6.76. The predicted molar refractivity (Wildman–Crippen MR) is 62.0 cm³/mol. The van der Waals surface area contributed by atoms with Gasteiger partial charge < -0.3 is 10.6 Å². The molecule has 84 valence electrons. The lowest BCUT2D eigenvalue weighted by molar-refractivity contribution is 0.272. The fourth-order valence-corrected chi connectivity index (χ4v) is 2.60. The molecule has 1 aliphatic carbocycles. The van der Waals surface area contributed by atoms with Crippen molar-refractivity contribution in [1.29, 1.82) is 0 Å². The van der Waals surface area contributed by atoms with Crippen molar-refractivity contribution < 1.29 is 4.39 Å². The summed E-state index contributed by atoms with van der Waals surface area (Å²) in [6.07, 6.45) is 3.38. The van der Waals surface area contributed by atoms with Gasteiger partial charge in [-0.3, -0.25) is 4.99 Å². The van der Waals surface area contributed by atoms with Crippen molar-refractivity contribution in [3.63, 3.8) is 0 Å². The average molecular weight is 219 g/mol. The highest BCUT2D eigenvalue weighted by atomic mass is 19.1. The van der Waals surface area contributed by atoms with Gasteiger partial charge in [0.1, 0.15) is 5.82 Å². The second kappa shape index (κ2) is 3.20. The van der Waals surface area contributed by atoms with Crippen LogP contribution in [0.1, 0.15) is 19.3 Å². The SMILES string of the molecule is NC1=NCC2(CCC2)N1c1cccc(F)c1. The Labute approximate surface area is 93.8 Å². The molecule has 0 radical (unpaired) electrons. The number of hydrogen-bond acceptors (Lipinski definition) is 3. The van der Waals surface area contributed by atoms with Crippen LogP contribution in [0, 0.1) is 5.82 Å². The fourth-order valence-electron chi connectivity index (χ4n) is 2.60. The Morgan fingerprint density at radius 1 is 1.38 bits per heavy atom. The molecule has 1 saturated carbocycles. The molecule has 2 aliphatic rings. The Bertz CT molecular complexity index is 451. The zero-order valence-corrected chi connectivity index (χ0v) is 8.99. The van der Waals surface area contributed by atoms with E-state index in [1.807, 2.05) is 11.0 Å². The molecule has 1 aromatic carbocycles. The monoisotopic (exact) mass is 219 g/mol. The smallest absolute Gasteiger partial charge is 0.196 e. The van der Waals surface area contributed by atoms with Crippen molar-refractivity contribution in [2.45, 2.75) is 24.8 Å². The molecule has 0 aromatic heterocycles. The maximum Gasteiger partial charge on any atom is 0.196 e. The van der Waals surface area contributed by atoms with Crippen molar-refractivity contribution in [3.05, 3.63) is 30.1 Å². The molecular weight excluding hydrogens is 205 g/mol. The first-order valence-electron chi connectivity index (χ1n) is 5.57. The number of halogens is 1. The second-order valence-electron chi connectivity index (χ2n) is 4.57. The van der Waals surface area contributed by atoms with Crippen LogP contribution in [0.5, 0.6) is 0 Å². The first kappa shape index (κ1) is 9.63. The molecule has 3 rings (SSSR count). The van der Waals surface area contributed by atoms with Crippen LogP contribution in [0.4, 0.5) is 10.1 Å². The van der Waals surface area contributed by atoms with Crippen LogP contribution < -0.4 is 10.6 Å². The maximum absolute atomic E-state index is 13.2. The first-order valence-corrected chi connectivity index (χ1v) is 5.57. The lowest BCUT2D eigenvalue weighted by Crippen LogP contribution is -2.56. The molecule has 2 N–H and O–H groups in total. The van der Waals surface area contributed by atoms with E-state index in [0.717, 1.165) is 25.1 Å². The molecule has 0 saturated heterocycles. The van der Waals surface area contributed by atoms with Crippen LogP contribution in [0.15, 0.2) is 29.3 Å². The highest BCUT2D eigenvalue weighted by Crippen LogP contribution is 2.43. The molecule has 0 atom stereocenters. The average Bonchev–Trinajstić information content (AvgIpc) is 2.55. The minimum absolute atomic E-state index is 0.0396. The van der Waals surface area contributed by atoms with Crippen molar-refractivity contribution in [2.75, 3.05) is 11.4 Å². The number of anilines is 1. The van der Waals surface area contributed by atoms with Gasteiger partial charge in [-0.1, -0.05) is 6.07 Å². The Morgan fingerprint density at radius 3 is 2.81 bits per heavy atom. The first-order chi connectivity index (χ1) is 7.71. The van der Waals surface area contributed by atoms with Gasteiger partial charge in [-0.2, -0.15) is 0 Å². The minimum atomic E-state index is -0.230. The van der Waals surface area contributed by atoms with Gasteiger partial charge in [-0.15, -0.1) is 0 Å². The molecule has 1 aliphatic heterocycles. The highest BCUT2D eigenvalue weighted by Gasteiger charge is 2.47. The third kappa shape index (κ3) is 1.22. The third-order valence-corrected chi connectivity index (χ3v) is 3.59. The lowest BCUT2D eigenvalue weighted by Gasteiger charge is -2.46. The van der Waals surface area contributed by atoms with Crippen molar-refractivity contribution in [2.24, 2.45) is 10.7 Å². The summed E-state index contributed by atoms with van der Waals surface area (Å²) in [7, 11) is 0. The molecule has 3 nitrogen and oxygen atoms in total. The van der Waals surface area contributed by atoms with E-state index in [1.54, 1.807) is 6.07 Å². The molecule has 0 amide bonds. The van der Waals surface area contributed by atoms with Crippen LogP contribution in [0.25, 0.3) is 0 Å². The van der Waals surface area contributed by atoms with Gasteiger partial charge in [0.25, 0.3) is 0 Å². The number of nitrogens with zero attached hydrogens (tertiary/aromatic N) is 2. The van der Waals surface area contributed by atoms with Gasteiger partial charge >= 0.3 is 0 Å². The summed E-state index contributed by atoms with van der Waals surface area (Å²) in [5.74, 6) is 0.289.